The Morgan fingerprint density at radius 1 is 1.03 bits per heavy atom. The van der Waals surface area contributed by atoms with Gasteiger partial charge in [-0.15, -0.1) is 0 Å². The second kappa shape index (κ2) is 9.67. The zero-order valence-electron chi connectivity index (χ0n) is 17.4. The zero-order valence-corrected chi connectivity index (χ0v) is 17.4. The predicted octanol–water partition coefficient (Wildman–Crippen LogP) is 2.44. The number of nitrogens with zero attached hydrogens (tertiary/aromatic N) is 1. The summed E-state index contributed by atoms with van der Waals surface area (Å²) < 4.78 is 0. The van der Waals surface area contributed by atoms with Gasteiger partial charge in [-0.25, -0.2) is 0 Å². The molecule has 0 aliphatic heterocycles. The number of rotatable bonds is 9. The highest BCUT2D eigenvalue weighted by Gasteiger charge is 2.32. The average molecular weight is 408 g/mol. The Balaban J connectivity index is 1.69. The van der Waals surface area contributed by atoms with E-state index >= 15 is 0 Å². The fraction of sp³-hybridized carbons (Fsp3) is 0.375. The van der Waals surface area contributed by atoms with Crippen LogP contribution in [0.15, 0.2) is 48.5 Å². The van der Waals surface area contributed by atoms with Crippen LogP contribution in [0.1, 0.15) is 35.2 Å². The van der Waals surface area contributed by atoms with Crippen molar-refractivity contribution in [3.8, 4) is 11.1 Å². The number of amides is 2. The van der Waals surface area contributed by atoms with Crippen molar-refractivity contribution in [2.24, 2.45) is 5.92 Å². The summed E-state index contributed by atoms with van der Waals surface area (Å²) in [6.07, 6.45) is 5.12. The Morgan fingerprint density at radius 3 is 2.10 bits per heavy atom. The van der Waals surface area contributed by atoms with Crippen LogP contribution >= 0.6 is 0 Å². The number of ketones is 1. The summed E-state index contributed by atoms with van der Waals surface area (Å²) in [7, 11) is 2.76. The molecule has 0 radical (unpaired) electrons. The summed E-state index contributed by atoms with van der Waals surface area (Å²) >= 11 is 0. The quantitative estimate of drug-likeness (QED) is 0.624. The molecule has 30 heavy (non-hydrogen) atoms. The van der Waals surface area contributed by atoms with E-state index in [0.717, 1.165) is 28.4 Å². The van der Waals surface area contributed by atoms with Crippen molar-refractivity contribution < 1.29 is 19.5 Å². The zero-order chi connectivity index (χ0) is 21.7. The number of hydrogen-bond acceptors (Lipinski definition) is 4. The molecule has 0 saturated heterocycles. The lowest BCUT2D eigenvalue weighted by molar-refractivity contribution is -0.135. The third-order valence-electron chi connectivity index (χ3n) is 5.62. The Bertz CT molecular complexity index is 886. The maximum atomic E-state index is 12.8. The molecule has 2 aromatic carbocycles. The first-order chi connectivity index (χ1) is 14.4. The van der Waals surface area contributed by atoms with Crippen LogP contribution in [0.25, 0.3) is 11.1 Å². The number of carbonyl (C=O) groups is 3. The summed E-state index contributed by atoms with van der Waals surface area (Å²) in [5.41, 5.74) is 3.75. The Hall–Kier alpha value is -2.99. The van der Waals surface area contributed by atoms with Crippen LogP contribution in [0.2, 0.25) is 0 Å². The number of hydrogen-bond donors (Lipinski definition) is 2. The number of carbonyl (C=O) groups excluding carboxylic acids is 3. The monoisotopic (exact) mass is 408 g/mol. The summed E-state index contributed by atoms with van der Waals surface area (Å²) in [6.45, 7) is -0.814. The summed E-state index contributed by atoms with van der Waals surface area (Å²) in [6, 6.07) is 14.2. The molecule has 2 aromatic rings. The molecular formula is C24H28N2O4. The van der Waals surface area contributed by atoms with Crippen LogP contribution in [0.3, 0.4) is 0 Å². The van der Waals surface area contributed by atoms with E-state index < -0.39 is 30.2 Å². The highest BCUT2D eigenvalue weighted by molar-refractivity contribution is 6.10. The van der Waals surface area contributed by atoms with Crippen LogP contribution in [0, 0.1) is 5.92 Å². The first-order valence-electron chi connectivity index (χ1n) is 10.3. The topological polar surface area (TPSA) is 86.7 Å². The van der Waals surface area contributed by atoms with E-state index in [1.807, 2.05) is 12.1 Å². The van der Waals surface area contributed by atoms with Gasteiger partial charge in [-0.05, 0) is 47.6 Å². The number of likely N-dealkylation sites (N-methyl/N-ethyl adjacent to an activating group) is 2. The molecule has 1 unspecified atom stereocenters. The number of Topliss-reactive ketones (excluding diaryl/α,β-unsaturated/α-hetero) is 1. The first kappa shape index (κ1) is 21.7. The summed E-state index contributed by atoms with van der Waals surface area (Å²) in [4.78, 5) is 37.8. The largest absolute Gasteiger partial charge is 0.388 e. The van der Waals surface area contributed by atoms with Crippen molar-refractivity contribution >= 4 is 17.6 Å². The Morgan fingerprint density at radius 2 is 1.60 bits per heavy atom. The molecule has 3 rings (SSSR count). The van der Waals surface area contributed by atoms with Gasteiger partial charge in [0.05, 0.1) is 0 Å². The second-order valence-corrected chi connectivity index (χ2v) is 7.81. The number of benzene rings is 2. The number of aryl methyl sites for hydroxylation is 1. The molecule has 1 fully saturated rings. The van der Waals surface area contributed by atoms with E-state index in [9.17, 15) is 14.4 Å². The van der Waals surface area contributed by atoms with Gasteiger partial charge in [0, 0.05) is 19.7 Å². The fourth-order valence-electron chi connectivity index (χ4n) is 3.53. The molecule has 2 N–H and O–H groups in total. The van der Waals surface area contributed by atoms with E-state index in [2.05, 4.69) is 29.6 Å². The van der Waals surface area contributed by atoms with Gasteiger partial charge in [0.2, 0.25) is 5.91 Å². The highest BCUT2D eigenvalue weighted by Crippen LogP contribution is 2.33. The van der Waals surface area contributed by atoms with Gasteiger partial charge in [-0.3, -0.25) is 14.4 Å². The predicted molar refractivity (Wildman–Crippen MR) is 115 cm³/mol. The Kier molecular flexibility index (Phi) is 7.00. The molecular weight excluding hydrogens is 380 g/mol. The van der Waals surface area contributed by atoms with Crippen molar-refractivity contribution in [1.82, 2.24) is 10.2 Å². The lowest BCUT2D eigenvalue weighted by Crippen LogP contribution is -2.52. The molecule has 1 aliphatic carbocycles. The van der Waals surface area contributed by atoms with Gasteiger partial charge in [-0.2, -0.15) is 0 Å². The smallest absolute Gasteiger partial charge is 0.254 e. The number of aliphatic hydroxyl groups excluding tert-OH is 1. The van der Waals surface area contributed by atoms with Crippen molar-refractivity contribution in [3.63, 3.8) is 0 Å². The maximum absolute atomic E-state index is 12.8. The minimum absolute atomic E-state index is 0.363. The summed E-state index contributed by atoms with van der Waals surface area (Å²) in [5, 5.41) is 11.5. The van der Waals surface area contributed by atoms with E-state index in [0.29, 0.717) is 5.56 Å². The van der Waals surface area contributed by atoms with Gasteiger partial charge < -0.3 is 15.3 Å². The van der Waals surface area contributed by atoms with Crippen molar-refractivity contribution in [3.05, 3.63) is 59.7 Å². The molecule has 158 valence electrons. The molecule has 0 bridgehead atoms. The fourth-order valence-corrected chi connectivity index (χ4v) is 3.53. The molecule has 0 aromatic heterocycles. The van der Waals surface area contributed by atoms with Crippen LogP contribution in [-0.4, -0.2) is 54.3 Å². The molecule has 6 heteroatoms. The minimum Gasteiger partial charge on any atom is -0.388 e. The molecule has 1 saturated carbocycles. The van der Waals surface area contributed by atoms with Crippen LogP contribution in [0.4, 0.5) is 0 Å². The molecule has 2 amide bonds. The van der Waals surface area contributed by atoms with E-state index in [1.54, 1.807) is 12.1 Å². The average Bonchev–Trinajstić information content (AvgIpc) is 3.62. The van der Waals surface area contributed by atoms with E-state index in [1.165, 1.54) is 38.9 Å². The van der Waals surface area contributed by atoms with Gasteiger partial charge in [-0.1, -0.05) is 49.2 Å². The standard InChI is InChI=1S/C24H28N2O4/c1-25-23(29)22(21(28)15-27)26(2)24(30)20-13-11-19(12-14-20)18-9-7-17(8-10-18)6-5-16-3-4-16/h7-14,16,22,27H,3-6,15H2,1-2H3,(H,25,29). The maximum Gasteiger partial charge on any atom is 0.254 e. The van der Waals surface area contributed by atoms with Gasteiger partial charge in [0.25, 0.3) is 5.91 Å². The normalized spacial score (nSPS) is 14.1. The lowest BCUT2D eigenvalue weighted by atomic mass is 10.00. The molecule has 1 aliphatic rings. The Labute approximate surface area is 176 Å². The lowest BCUT2D eigenvalue weighted by Gasteiger charge is -2.25. The third kappa shape index (κ3) is 5.13. The third-order valence-corrected chi connectivity index (χ3v) is 5.62. The summed E-state index contributed by atoms with van der Waals surface area (Å²) in [5.74, 6) is -0.914. The molecule has 1 atom stereocenters. The van der Waals surface area contributed by atoms with Gasteiger partial charge in [0.15, 0.2) is 11.8 Å². The molecule has 0 heterocycles. The minimum atomic E-state index is -1.37. The highest BCUT2D eigenvalue weighted by atomic mass is 16.3. The van der Waals surface area contributed by atoms with Crippen molar-refractivity contribution in [2.45, 2.75) is 31.7 Å². The first-order valence-corrected chi connectivity index (χ1v) is 10.3. The van der Waals surface area contributed by atoms with Crippen LogP contribution in [0.5, 0.6) is 0 Å². The second-order valence-electron chi connectivity index (χ2n) is 7.81. The molecule has 0 spiro atoms. The van der Waals surface area contributed by atoms with Gasteiger partial charge in [0.1, 0.15) is 6.61 Å². The SMILES string of the molecule is CNC(=O)C(C(=O)CO)N(C)C(=O)c1ccc(-c2ccc(CCC3CC3)cc2)cc1. The van der Waals surface area contributed by atoms with Crippen LogP contribution in [-0.2, 0) is 16.0 Å². The van der Waals surface area contributed by atoms with Crippen molar-refractivity contribution in [2.75, 3.05) is 20.7 Å². The number of aliphatic hydroxyl groups is 1. The van der Waals surface area contributed by atoms with E-state index in [-0.39, 0.29) is 0 Å². The van der Waals surface area contributed by atoms with Gasteiger partial charge >= 0.3 is 0 Å². The van der Waals surface area contributed by atoms with Crippen molar-refractivity contribution in [1.29, 1.82) is 0 Å². The van der Waals surface area contributed by atoms with Crippen LogP contribution < -0.4 is 5.32 Å². The molecule has 6 nitrogen and oxygen atoms in total. The van der Waals surface area contributed by atoms with E-state index in [4.69, 9.17) is 5.11 Å². The number of nitrogens with one attached hydrogen (secondary N) is 1.